The van der Waals surface area contributed by atoms with Gasteiger partial charge in [0, 0.05) is 11.6 Å². The van der Waals surface area contributed by atoms with Crippen molar-refractivity contribution in [3.63, 3.8) is 0 Å². The Kier molecular flexibility index (Phi) is 4.02. The third-order valence-corrected chi connectivity index (χ3v) is 3.42. The van der Waals surface area contributed by atoms with Crippen LogP contribution in [0.1, 0.15) is 24.0 Å². The standard InChI is InChI=1S/C13H16ClNO2/c14-12-7-10(9-15-5-1-2-6-15)3-4-11(12)8-13(16)17/h3-4,7H,1-2,5-6,8-9H2,(H,16,17). The predicted molar refractivity (Wildman–Crippen MR) is 67.3 cm³/mol. The van der Waals surface area contributed by atoms with E-state index in [-0.39, 0.29) is 6.42 Å². The second-order valence-corrected chi connectivity index (χ2v) is 4.89. The number of hydrogen-bond acceptors (Lipinski definition) is 2. The van der Waals surface area contributed by atoms with Crippen LogP contribution >= 0.6 is 11.6 Å². The first kappa shape index (κ1) is 12.4. The van der Waals surface area contributed by atoms with Crippen molar-refractivity contribution < 1.29 is 9.90 Å². The van der Waals surface area contributed by atoms with Crippen molar-refractivity contribution in [2.45, 2.75) is 25.8 Å². The highest BCUT2D eigenvalue weighted by atomic mass is 35.5. The van der Waals surface area contributed by atoms with E-state index >= 15 is 0 Å². The maximum absolute atomic E-state index is 10.6. The lowest BCUT2D eigenvalue weighted by molar-refractivity contribution is -0.136. The van der Waals surface area contributed by atoms with Crippen molar-refractivity contribution in [2.24, 2.45) is 0 Å². The largest absolute Gasteiger partial charge is 0.481 e. The molecule has 0 atom stereocenters. The number of halogens is 1. The summed E-state index contributed by atoms with van der Waals surface area (Å²) in [5.74, 6) is -0.848. The van der Waals surface area contributed by atoms with Gasteiger partial charge in [-0.1, -0.05) is 23.7 Å². The summed E-state index contributed by atoms with van der Waals surface area (Å²) < 4.78 is 0. The molecule has 0 aromatic heterocycles. The zero-order chi connectivity index (χ0) is 12.3. The summed E-state index contributed by atoms with van der Waals surface area (Å²) >= 11 is 6.08. The fourth-order valence-electron chi connectivity index (χ4n) is 2.19. The van der Waals surface area contributed by atoms with E-state index in [1.807, 2.05) is 18.2 Å². The van der Waals surface area contributed by atoms with Crippen LogP contribution in [-0.4, -0.2) is 29.1 Å². The number of rotatable bonds is 4. The summed E-state index contributed by atoms with van der Waals surface area (Å²) in [6.07, 6.45) is 2.53. The molecule has 1 aromatic rings. The number of nitrogens with zero attached hydrogens (tertiary/aromatic N) is 1. The molecule has 1 aromatic carbocycles. The van der Waals surface area contributed by atoms with Crippen LogP contribution in [-0.2, 0) is 17.8 Å². The van der Waals surface area contributed by atoms with Gasteiger partial charge in [0.05, 0.1) is 6.42 Å². The van der Waals surface area contributed by atoms with Crippen molar-refractivity contribution in [3.8, 4) is 0 Å². The fourth-order valence-corrected chi connectivity index (χ4v) is 2.46. The fraction of sp³-hybridized carbons (Fsp3) is 0.462. The van der Waals surface area contributed by atoms with E-state index in [1.165, 1.54) is 12.8 Å². The Hall–Kier alpha value is -1.06. The minimum absolute atomic E-state index is 0.0111. The van der Waals surface area contributed by atoms with Gasteiger partial charge in [0.1, 0.15) is 0 Å². The molecule has 0 aliphatic carbocycles. The smallest absolute Gasteiger partial charge is 0.307 e. The summed E-state index contributed by atoms with van der Waals surface area (Å²) in [4.78, 5) is 13.0. The number of hydrogen-bond donors (Lipinski definition) is 1. The third kappa shape index (κ3) is 3.45. The normalized spacial score (nSPS) is 16.3. The molecule has 0 spiro atoms. The van der Waals surface area contributed by atoms with E-state index in [4.69, 9.17) is 16.7 Å². The van der Waals surface area contributed by atoms with Crippen LogP contribution in [0.4, 0.5) is 0 Å². The Bertz CT molecular complexity index is 414. The van der Waals surface area contributed by atoms with Gasteiger partial charge in [-0.25, -0.2) is 0 Å². The Morgan fingerprint density at radius 2 is 2.06 bits per heavy atom. The van der Waals surface area contributed by atoms with Crippen molar-refractivity contribution in [1.82, 2.24) is 4.90 Å². The summed E-state index contributed by atoms with van der Waals surface area (Å²) in [5.41, 5.74) is 1.84. The average Bonchev–Trinajstić information content (AvgIpc) is 2.74. The Labute approximate surface area is 106 Å². The van der Waals surface area contributed by atoms with Gasteiger partial charge in [-0.2, -0.15) is 0 Å². The zero-order valence-electron chi connectivity index (χ0n) is 9.66. The van der Waals surface area contributed by atoms with Crippen LogP contribution in [0.25, 0.3) is 0 Å². The van der Waals surface area contributed by atoms with Gasteiger partial charge in [0.25, 0.3) is 0 Å². The highest BCUT2D eigenvalue weighted by Gasteiger charge is 2.13. The Morgan fingerprint density at radius 1 is 1.35 bits per heavy atom. The number of benzene rings is 1. The molecule has 0 amide bonds. The second kappa shape index (κ2) is 5.52. The number of carbonyl (C=O) groups is 1. The highest BCUT2D eigenvalue weighted by Crippen LogP contribution is 2.20. The Balaban J connectivity index is 2.04. The summed E-state index contributed by atoms with van der Waals surface area (Å²) in [6.45, 7) is 3.20. The monoisotopic (exact) mass is 253 g/mol. The topological polar surface area (TPSA) is 40.5 Å². The van der Waals surface area contributed by atoms with Gasteiger partial charge in [-0.15, -0.1) is 0 Å². The SMILES string of the molecule is O=C(O)Cc1ccc(CN2CCCC2)cc1Cl. The summed E-state index contributed by atoms with van der Waals surface area (Å²) in [5, 5.41) is 9.28. The highest BCUT2D eigenvalue weighted by molar-refractivity contribution is 6.31. The molecule has 1 N–H and O–H groups in total. The number of carboxylic acid groups (broad SMARTS) is 1. The lowest BCUT2D eigenvalue weighted by atomic mass is 10.1. The molecule has 0 radical (unpaired) electrons. The molecule has 3 nitrogen and oxygen atoms in total. The molecule has 17 heavy (non-hydrogen) atoms. The summed E-state index contributed by atoms with van der Waals surface area (Å²) in [6, 6.07) is 5.68. The van der Waals surface area contributed by atoms with Gasteiger partial charge in [0.15, 0.2) is 0 Å². The number of carboxylic acids is 1. The molecule has 92 valence electrons. The van der Waals surface area contributed by atoms with Crippen molar-refractivity contribution >= 4 is 17.6 Å². The molecule has 1 saturated heterocycles. The maximum Gasteiger partial charge on any atom is 0.307 e. The third-order valence-electron chi connectivity index (χ3n) is 3.06. The van der Waals surface area contributed by atoms with E-state index in [1.54, 1.807) is 0 Å². The first-order chi connectivity index (χ1) is 8.15. The van der Waals surface area contributed by atoms with Gasteiger partial charge in [-0.05, 0) is 43.1 Å². The lowest BCUT2D eigenvalue weighted by Gasteiger charge is -2.15. The van der Waals surface area contributed by atoms with Crippen molar-refractivity contribution in [3.05, 3.63) is 34.3 Å². The van der Waals surface area contributed by atoms with Gasteiger partial charge in [-0.3, -0.25) is 9.69 Å². The van der Waals surface area contributed by atoms with Crippen LogP contribution in [0.2, 0.25) is 5.02 Å². The number of likely N-dealkylation sites (tertiary alicyclic amines) is 1. The Morgan fingerprint density at radius 3 is 2.65 bits per heavy atom. The first-order valence-corrected chi connectivity index (χ1v) is 6.24. The van der Waals surface area contributed by atoms with Crippen LogP contribution in [0.15, 0.2) is 18.2 Å². The number of aliphatic carboxylic acids is 1. The van der Waals surface area contributed by atoms with Crippen molar-refractivity contribution in [2.75, 3.05) is 13.1 Å². The van der Waals surface area contributed by atoms with E-state index in [0.717, 1.165) is 25.2 Å². The van der Waals surface area contributed by atoms with Crippen LogP contribution in [0.5, 0.6) is 0 Å². The molecule has 1 aliphatic rings. The van der Waals surface area contributed by atoms with E-state index in [0.29, 0.717) is 10.6 Å². The molecule has 2 rings (SSSR count). The summed E-state index contributed by atoms with van der Waals surface area (Å²) in [7, 11) is 0. The van der Waals surface area contributed by atoms with Gasteiger partial charge < -0.3 is 5.11 Å². The minimum Gasteiger partial charge on any atom is -0.481 e. The lowest BCUT2D eigenvalue weighted by Crippen LogP contribution is -2.18. The second-order valence-electron chi connectivity index (χ2n) is 4.48. The molecule has 0 bridgehead atoms. The molecule has 1 aliphatic heterocycles. The zero-order valence-corrected chi connectivity index (χ0v) is 10.4. The van der Waals surface area contributed by atoms with E-state index < -0.39 is 5.97 Å². The van der Waals surface area contributed by atoms with Crippen LogP contribution < -0.4 is 0 Å². The quantitative estimate of drug-likeness (QED) is 0.897. The molecule has 1 heterocycles. The van der Waals surface area contributed by atoms with Crippen molar-refractivity contribution in [1.29, 1.82) is 0 Å². The van der Waals surface area contributed by atoms with Crippen LogP contribution in [0.3, 0.4) is 0 Å². The van der Waals surface area contributed by atoms with E-state index in [2.05, 4.69) is 4.90 Å². The molecule has 4 heteroatoms. The minimum atomic E-state index is -0.848. The van der Waals surface area contributed by atoms with Crippen LogP contribution in [0, 0.1) is 0 Å². The maximum atomic E-state index is 10.6. The molecule has 0 unspecified atom stereocenters. The molecular weight excluding hydrogens is 238 g/mol. The van der Waals surface area contributed by atoms with Gasteiger partial charge >= 0.3 is 5.97 Å². The predicted octanol–water partition coefficient (Wildman–Crippen LogP) is 2.56. The first-order valence-electron chi connectivity index (χ1n) is 5.86. The molecular formula is C13H16ClNO2. The average molecular weight is 254 g/mol. The van der Waals surface area contributed by atoms with E-state index in [9.17, 15) is 4.79 Å². The van der Waals surface area contributed by atoms with Gasteiger partial charge in [0.2, 0.25) is 0 Å². The molecule has 0 saturated carbocycles. The molecule has 1 fully saturated rings.